The van der Waals surface area contributed by atoms with Crippen LogP contribution >= 0.6 is 11.8 Å². The maximum Gasteiger partial charge on any atom is 0.304 e. The number of thioether (sulfide) groups is 1. The first kappa shape index (κ1) is 35.7. The van der Waals surface area contributed by atoms with Crippen molar-refractivity contribution in [2.24, 2.45) is 0 Å². The van der Waals surface area contributed by atoms with E-state index in [-0.39, 0.29) is 13.0 Å². The molecular weight excluding hydrogens is 596 g/mol. The maximum absolute atomic E-state index is 10.8. The van der Waals surface area contributed by atoms with E-state index >= 15 is 0 Å². The summed E-state index contributed by atoms with van der Waals surface area (Å²) in [6.45, 7) is -2.30. The molecule has 3 aliphatic rings. The molecular formula is C23H40O18S. The number of aliphatic hydroxyl groups excluding tert-OH is 10. The van der Waals surface area contributed by atoms with Gasteiger partial charge < -0.3 is 84.6 Å². The van der Waals surface area contributed by atoms with Crippen molar-refractivity contribution in [3.63, 3.8) is 0 Å². The Morgan fingerprint density at radius 3 is 1.55 bits per heavy atom. The van der Waals surface area contributed by atoms with Gasteiger partial charge in [-0.2, -0.15) is 11.8 Å². The van der Waals surface area contributed by atoms with Crippen molar-refractivity contribution in [1.29, 1.82) is 0 Å². The highest BCUT2D eigenvalue weighted by Crippen LogP contribution is 2.32. The van der Waals surface area contributed by atoms with Crippen molar-refractivity contribution in [2.75, 3.05) is 37.9 Å². The van der Waals surface area contributed by atoms with E-state index in [2.05, 4.69) is 0 Å². The van der Waals surface area contributed by atoms with Crippen LogP contribution in [-0.2, 0) is 33.2 Å². The molecule has 246 valence electrons. The minimum Gasteiger partial charge on any atom is -0.481 e. The topological polar surface area (TPSA) is 295 Å². The fourth-order valence-corrected chi connectivity index (χ4v) is 5.40. The van der Waals surface area contributed by atoms with Crippen LogP contribution in [-0.4, -0.2) is 192 Å². The summed E-state index contributed by atoms with van der Waals surface area (Å²) in [6.07, 6.45) is -24.7. The third kappa shape index (κ3) is 8.46. The number of hydrogen-bond acceptors (Lipinski definition) is 18. The molecule has 0 saturated carbocycles. The lowest BCUT2D eigenvalue weighted by molar-refractivity contribution is -0.379. The van der Waals surface area contributed by atoms with Crippen LogP contribution in [0.15, 0.2) is 0 Å². The van der Waals surface area contributed by atoms with Crippen LogP contribution in [0, 0.1) is 0 Å². The van der Waals surface area contributed by atoms with E-state index in [1.54, 1.807) is 0 Å². The quantitative estimate of drug-likeness (QED) is 0.0790. The summed E-state index contributed by atoms with van der Waals surface area (Å²) in [5.41, 5.74) is 0. The minimum absolute atomic E-state index is 0.0209. The Morgan fingerprint density at radius 1 is 0.595 bits per heavy atom. The van der Waals surface area contributed by atoms with Crippen LogP contribution < -0.4 is 0 Å². The lowest BCUT2D eigenvalue weighted by atomic mass is 9.96. The van der Waals surface area contributed by atoms with Gasteiger partial charge in [-0.25, -0.2) is 0 Å². The molecule has 3 heterocycles. The standard InChI is InChI=1S/C23H40O18S/c24-5-8-12(29)13(30)16(33)22(37-8)40-20-10(7-26)39-23(18(35)15(20)32)41-19-9(6-25)38-21(17(34)14(19)31)36-2-4-42-3-1-11(27)28/h8-10,12-26,29-35H,1-7H2,(H,27,28). The molecule has 0 radical (unpaired) electrons. The average molecular weight is 637 g/mol. The molecule has 3 rings (SSSR count). The number of rotatable bonds is 14. The second kappa shape index (κ2) is 16.5. The van der Waals surface area contributed by atoms with Crippen molar-refractivity contribution >= 4 is 17.7 Å². The Hall–Kier alpha value is -0.820. The molecule has 3 fully saturated rings. The van der Waals surface area contributed by atoms with Gasteiger partial charge in [-0.15, -0.1) is 0 Å². The molecule has 19 heteroatoms. The lowest BCUT2D eigenvalue weighted by Crippen LogP contribution is -2.66. The number of ether oxygens (including phenoxy) is 6. The molecule has 0 aromatic heterocycles. The SMILES string of the molecule is O=C(O)CCSCCOC1OC(CO)C(OC2OC(CO)C(OC3OC(CO)C(O)C(O)C3O)C(O)C2O)C(O)C1O. The second-order valence-corrected chi connectivity index (χ2v) is 11.2. The third-order valence-electron chi connectivity index (χ3n) is 7.04. The van der Waals surface area contributed by atoms with Crippen molar-refractivity contribution in [3.05, 3.63) is 0 Å². The van der Waals surface area contributed by atoms with Crippen LogP contribution in [0.5, 0.6) is 0 Å². The van der Waals surface area contributed by atoms with E-state index in [0.717, 1.165) is 0 Å². The number of carbonyl (C=O) groups is 1. The summed E-state index contributed by atoms with van der Waals surface area (Å²) in [5, 5.41) is 111. The van der Waals surface area contributed by atoms with Gasteiger partial charge >= 0.3 is 5.97 Å². The Kier molecular flexibility index (Phi) is 14.0. The van der Waals surface area contributed by atoms with Gasteiger partial charge in [-0.1, -0.05) is 0 Å². The Morgan fingerprint density at radius 2 is 1.05 bits per heavy atom. The molecule has 3 aliphatic heterocycles. The molecule has 11 N–H and O–H groups in total. The summed E-state index contributed by atoms with van der Waals surface area (Å²) >= 11 is 1.28. The summed E-state index contributed by atoms with van der Waals surface area (Å²) in [4.78, 5) is 10.6. The maximum atomic E-state index is 10.8. The van der Waals surface area contributed by atoms with Gasteiger partial charge in [0.25, 0.3) is 0 Å². The van der Waals surface area contributed by atoms with E-state index in [0.29, 0.717) is 11.5 Å². The molecule has 0 aromatic rings. The molecule has 0 aromatic carbocycles. The molecule has 15 atom stereocenters. The number of carboxylic acids is 1. The van der Waals surface area contributed by atoms with Crippen LogP contribution in [0.2, 0.25) is 0 Å². The Balaban J connectivity index is 1.61. The molecule has 18 nitrogen and oxygen atoms in total. The van der Waals surface area contributed by atoms with Gasteiger partial charge in [-0.3, -0.25) is 4.79 Å². The van der Waals surface area contributed by atoms with Crippen molar-refractivity contribution in [1.82, 2.24) is 0 Å². The van der Waals surface area contributed by atoms with Gasteiger partial charge in [0.15, 0.2) is 18.9 Å². The van der Waals surface area contributed by atoms with Crippen molar-refractivity contribution < 1.29 is 89.4 Å². The molecule has 0 aliphatic carbocycles. The van der Waals surface area contributed by atoms with E-state index in [9.17, 15) is 55.9 Å². The minimum atomic E-state index is -1.93. The van der Waals surface area contributed by atoms with Crippen molar-refractivity contribution in [3.8, 4) is 0 Å². The van der Waals surface area contributed by atoms with Crippen LogP contribution in [0.3, 0.4) is 0 Å². The van der Waals surface area contributed by atoms with E-state index in [1.165, 1.54) is 11.8 Å². The fraction of sp³-hybridized carbons (Fsp3) is 0.957. The third-order valence-corrected chi connectivity index (χ3v) is 7.99. The number of carboxylic acid groups (broad SMARTS) is 1. The molecule has 15 unspecified atom stereocenters. The van der Waals surface area contributed by atoms with Crippen LogP contribution in [0.25, 0.3) is 0 Å². The van der Waals surface area contributed by atoms with Crippen molar-refractivity contribution in [2.45, 2.75) is 98.5 Å². The predicted molar refractivity (Wildman–Crippen MR) is 135 cm³/mol. The predicted octanol–water partition coefficient (Wildman–Crippen LogP) is -6.34. The fourth-order valence-electron chi connectivity index (χ4n) is 4.67. The second-order valence-electron chi connectivity index (χ2n) is 9.94. The normalized spacial score (nSPS) is 44.7. The Bertz CT molecular complexity index is 820. The van der Waals surface area contributed by atoms with Gasteiger partial charge in [0.1, 0.15) is 73.2 Å². The highest BCUT2D eigenvalue weighted by atomic mass is 32.2. The molecule has 3 saturated heterocycles. The number of aliphatic carboxylic acids is 1. The summed E-state index contributed by atoms with van der Waals surface area (Å²) in [7, 11) is 0. The summed E-state index contributed by atoms with van der Waals surface area (Å²) in [5.74, 6) is -0.256. The van der Waals surface area contributed by atoms with Gasteiger partial charge in [0.2, 0.25) is 0 Å². The van der Waals surface area contributed by atoms with Gasteiger partial charge in [-0.05, 0) is 0 Å². The van der Waals surface area contributed by atoms with E-state index in [1.807, 2.05) is 0 Å². The summed E-state index contributed by atoms with van der Waals surface area (Å²) in [6, 6.07) is 0. The molecule has 0 bridgehead atoms. The lowest BCUT2D eigenvalue weighted by Gasteiger charge is -2.48. The zero-order chi connectivity index (χ0) is 31.1. The average Bonchev–Trinajstić information content (AvgIpc) is 2.97. The first-order chi connectivity index (χ1) is 19.9. The summed E-state index contributed by atoms with van der Waals surface area (Å²) < 4.78 is 32.8. The highest BCUT2D eigenvalue weighted by Gasteiger charge is 2.53. The van der Waals surface area contributed by atoms with E-state index < -0.39 is 118 Å². The zero-order valence-electron chi connectivity index (χ0n) is 22.3. The number of aliphatic hydroxyl groups is 10. The molecule has 0 spiro atoms. The monoisotopic (exact) mass is 636 g/mol. The Labute approximate surface area is 243 Å². The van der Waals surface area contributed by atoms with Gasteiger partial charge in [0.05, 0.1) is 32.8 Å². The molecule has 42 heavy (non-hydrogen) atoms. The molecule has 0 amide bonds. The first-order valence-corrected chi connectivity index (χ1v) is 14.4. The van der Waals surface area contributed by atoms with Gasteiger partial charge in [0, 0.05) is 11.5 Å². The smallest absolute Gasteiger partial charge is 0.304 e. The number of hydrogen-bond donors (Lipinski definition) is 11. The van der Waals surface area contributed by atoms with Crippen LogP contribution in [0.1, 0.15) is 6.42 Å². The largest absolute Gasteiger partial charge is 0.481 e. The first-order valence-electron chi connectivity index (χ1n) is 13.2. The van der Waals surface area contributed by atoms with Crippen LogP contribution in [0.4, 0.5) is 0 Å². The highest BCUT2D eigenvalue weighted by molar-refractivity contribution is 7.99. The zero-order valence-corrected chi connectivity index (χ0v) is 23.1. The van der Waals surface area contributed by atoms with E-state index in [4.69, 9.17) is 33.5 Å².